The van der Waals surface area contributed by atoms with E-state index in [0.717, 1.165) is 32.0 Å². The quantitative estimate of drug-likeness (QED) is 0.509. The molecule has 4 heterocycles. The molecule has 0 aliphatic carbocycles. The Kier molecular flexibility index (Phi) is 4.62. The van der Waals surface area contributed by atoms with Crippen LogP contribution < -0.4 is 4.90 Å². The van der Waals surface area contributed by atoms with Gasteiger partial charge in [-0.3, -0.25) is 4.90 Å². The van der Waals surface area contributed by atoms with E-state index in [1.54, 1.807) is 22.7 Å². The van der Waals surface area contributed by atoms with Crippen LogP contribution in [0.3, 0.4) is 0 Å². The van der Waals surface area contributed by atoms with Crippen LogP contribution in [-0.2, 0) is 0 Å². The Hall–Kier alpha value is -3.40. The molecule has 5 rings (SSSR count). The molecule has 30 heavy (non-hydrogen) atoms. The average Bonchev–Trinajstić information content (AvgIpc) is 3.39. The Morgan fingerprint density at radius 3 is 2.57 bits per heavy atom. The molecular weight excluding hydrogens is 387 g/mol. The molecule has 0 N–H and O–H groups in total. The van der Waals surface area contributed by atoms with Crippen LogP contribution in [0.5, 0.6) is 0 Å². The summed E-state index contributed by atoms with van der Waals surface area (Å²) in [6.45, 7) is 7.17. The third-order valence-corrected chi connectivity index (χ3v) is 5.45. The van der Waals surface area contributed by atoms with Crippen molar-refractivity contribution in [2.45, 2.75) is 19.9 Å². The van der Waals surface area contributed by atoms with Gasteiger partial charge in [0.05, 0.1) is 11.6 Å². The standard InChI is InChI=1S/C20H21FN8O/c1-13(20-22-14(2)26-30-20)27-9-11-28(12-10-27)18-8-7-17-23-24-19(29(17)25-18)15-5-3-4-6-16(15)21/h3-8,13H,9-12H2,1-2H3. The maximum atomic E-state index is 14.3. The summed E-state index contributed by atoms with van der Waals surface area (Å²) >= 11 is 0. The molecule has 1 aliphatic heterocycles. The number of nitrogens with zero attached hydrogens (tertiary/aromatic N) is 8. The summed E-state index contributed by atoms with van der Waals surface area (Å²) in [7, 11) is 0. The van der Waals surface area contributed by atoms with Gasteiger partial charge in [0.1, 0.15) is 11.6 Å². The number of aryl methyl sites for hydroxylation is 1. The molecule has 154 valence electrons. The number of hydrogen-bond acceptors (Lipinski definition) is 8. The van der Waals surface area contributed by atoms with Gasteiger partial charge in [-0.05, 0) is 38.1 Å². The minimum Gasteiger partial charge on any atom is -0.353 e. The second kappa shape index (κ2) is 7.45. The molecule has 1 aliphatic rings. The SMILES string of the molecule is Cc1noc(C(C)N2CCN(c3ccc4nnc(-c5ccccc5F)n4n3)CC2)n1. The summed E-state index contributed by atoms with van der Waals surface area (Å²) < 4.78 is 21.2. The van der Waals surface area contributed by atoms with Crippen LogP contribution >= 0.6 is 0 Å². The summed E-state index contributed by atoms with van der Waals surface area (Å²) in [5.74, 6) is 2.13. The van der Waals surface area contributed by atoms with Gasteiger partial charge in [-0.25, -0.2) is 4.39 Å². The first-order chi connectivity index (χ1) is 14.6. The van der Waals surface area contributed by atoms with E-state index in [1.807, 2.05) is 19.1 Å². The molecule has 9 nitrogen and oxygen atoms in total. The lowest BCUT2D eigenvalue weighted by Gasteiger charge is -2.37. The summed E-state index contributed by atoms with van der Waals surface area (Å²) in [6, 6.07) is 10.4. The number of hydrogen-bond donors (Lipinski definition) is 0. The van der Waals surface area contributed by atoms with Crippen molar-refractivity contribution in [3.05, 3.63) is 53.9 Å². The normalized spacial score (nSPS) is 16.3. The van der Waals surface area contributed by atoms with Crippen LogP contribution in [0, 0.1) is 12.7 Å². The zero-order chi connectivity index (χ0) is 20.7. The zero-order valence-corrected chi connectivity index (χ0v) is 16.7. The second-order valence-corrected chi connectivity index (χ2v) is 7.34. The molecule has 1 atom stereocenters. The van der Waals surface area contributed by atoms with Crippen molar-refractivity contribution >= 4 is 11.5 Å². The second-order valence-electron chi connectivity index (χ2n) is 7.34. The first-order valence-corrected chi connectivity index (χ1v) is 9.87. The van der Waals surface area contributed by atoms with Crippen LogP contribution in [0.25, 0.3) is 17.0 Å². The topological polar surface area (TPSA) is 88.5 Å². The van der Waals surface area contributed by atoms with Crippen molar-refractivity contribution in [3.8, 4) is 11.4 Å². The van der Waals surface area contributed by atoms with Gasteiger partial charge in [0, 0.05) is 26.2 Å². The third-order valence-electron chi connectivity index (χ3n) is 5.45. The number of piperazine rings is 1. The highest BCUT2D eigenvalue weighted by molar-refractivity contribution is 5.60. The molecule has 0 amide bonds. The Morgan fingerprint density at radius 1 is 1.03 bits per heavy atom. The predicted octanol–water partition coefficient (Wildman–Crippen LogP) is 2.51. The maximum absolute atomic E-state index is 14.3. The molecule has 1 unspecified atom stereocenters. The first-order valence-electron chi connectivity index (χ1n) is 9.87. The minimum absolute atomic E-state index is 0.0642. The molecule has 0 radical (unpaired) electrons. The number of benzene rings is 1. The predicted molar refractivity (Wildman–Crippen MR) is 107 cm³/mol. The number of aromatic nitrogens is 6. The van der Waals surface area contributed by atoms with Crippen LogP contribution in [0.1, 0.15) is 24.7 Å². The van der Waals surface area contributed by atoms with Crippen LogP contribution in [0.15, 0.2) is 40.9 Å². The first kappa shape index (κ1) is 18.6. The van der Waals surface area contributed by atoms with Gasteiger partial charge in [-0.15, -0.1) is 15.3 Å². The molecule has 1 aromatic carbocycles. The van der Waals surface area contributed by atoms with Gasteiger partial charge in [0.25, 0.3) is 0 Å². The van der Waals surface area contributed by atoms with E-state index in [9.17, 15) is 4.39 Å². The van der Waals surface area contributed by atoms with Gasteiger partial charge in [-0.2, -0.15) is 9.50 Å². The summed E-state index contributed by atoms with van der Waals surface area (Å²) in [6.07, 6.45) is 0. The summed E-state index contributed by atoms with van der Waals surface area (Å²) in [5, 5.41) is 16.9. The molecule has 10 heteroatoms. The number of anilines is 1. The van der Waals surface area contributed by atoms with E-state index in [1.165, 1.54) is 6.07 Å². The Bertz CT molecular complexity index is 1180. The van der Waals surface area contributed by atoms with E-state index in [-0.39, 0.29) is 11.9 Å². The maximum Gasteiger partial charge on any atom is 0.243 e. The largest absolute Gasteiger partial charge is 0.353 e. The molecule has 1 saturated heterocycles. The average molecular weight is 408 g/mol. The van der Waals surface area contributed by atoms with Crippen molar-refractivity contribution in [3.63, 3.8) is 0 Å². The van der Waals surface area contributed by atoms with Gasteiger partial charge in [-0.1, -0.05) is 17.3 Å². The van der Waals surface area contributed by atoms with E-state index >= 15 is 0 Å². The molecule has 0 bridgehead atoms. The molecule has 1 fully saturated rings. The minimum atomic E-state index is -0.349. The lowest BCUT2D eigenvalue weighted by Crippen LogP contribution is -2.47. The lowest BCUT2D eigenvalue weighted by atomic mass is 10.2. The fraction of sp³-hybridized carbons (Fsp3) is 0.350. The Balaban J connectivity index is 1.36. The molecule has 3 aromatic heterocycles. The smallest absolute Gasteiger partial charge is 0.243 e. The number of rotatable bonds is 4. The van der Waals surface area contributed by atoms with Crippen molar-refractivity contribution in [1.29, 1.82) is 0 Å². The van der Waals surface area contributed by atoms with Crippen molar-refractivity contribution in [2.75, 3.05) is 31.1 Å². The molecular formula is C20H21FN8O. The van der Waals surface area contributed by atoms with Crippen molar-refractivity contribution in [1.82, 2.24) is 34.9 Å². The number of fused-ring (bicyclic) bond motifs is 1. The summed E-state index contributed by atoms with van der Waals surface area (Å²) in [4.78, 5) is 8.86. The highest BCUT2D eigenvalue weighted by atomic mass is 19.1. The Labute approximate surface area is 172 Å². The van der Waals surface area contributed by atoms with Crippen LogP contribution in [0.2, 0.25) is 0 Å². The van der Waals surface area contributed by atoms with E-state index in [2.05, 4.69) is 37.1 Å². The Morgan fingerprint density at radius 2 is 1.83 bits per heavy atom. The lowest BCUT2D eigenvalue weighted by molar-refractivity contribution is 0.164. The molecule has 4 aromatic rings. The fourth-order valence-electron chi connectivity index (χ4n) is 3.74. The van der Waals surface area contributed by atoms with E-state index < -0.39 is 0 Å². The van der Waals surface area contributed by atoms with Gasteiger partial charge < -0.3 is 9.42 Å². The van der Waals surface area contributed by atoms with Gasteiger partial charge in [0.15, 0.2) is 17.3 Å². The third kappa shape index (κ3) is 3.28. The molecule has 0 spiro atoms. The van der Waals surface area contributed by atoms with Crippen LogP contribution in [0.4, 0.5) is 10.2 Å². The fourth-order valence-corrected chi connectivity index (χ4v) is 3.74. The van der Waals surface area contributed by atoms with Gasteiger partial charge in [0.2, 0.25) is 5.89 Å². The van der Waals surface area contributed by atoms with Crippen LogP contribution in [-0.4, -0.2) is 61.0 Å². The van der Waals surface area contributed by atoms with E-state index in [0.29, 0.717) is 28.8 Å². The number of halogens is 1. The van der Waals surface area contributed by atoms with E-state index in [4.69, 9.17) is 9.62 Å². The van der Waals surface area contributed by atoms with Crippen molar-refractivity contribution in [2.24, 2.45) is 0 Å². The highest BCUT2D eigenvalue weighted by Crippen LogP contribution is 2.24. The monoisotopic (exact) mass is 408 g/mol. The summed E-state index contributed by atoms with van der Waals surface area (Å²) in [5.41, 5.74) is 0.958. The van der Waals surface area contributed by atoms with Crippen molar-refractivity contribution < 1.29 is 8.91 Å². The zero-order valence-electron chi connectivity index (χ0n) is 16.7. The van der Waals surface area contributed by atoms with Gasteiger partial charge >= 0.3 is 0 Å². The highest BCUT2D eigenvalue weighted by Gasteiger charge is 2.26. The molecule has 0 saturated carbocycles.